The van der Waals surface area contributed by atoms with Crippen molar-refractivity contribution in [1.82, 2.24) is 13.9 Å². The maximum Gasteiger partial charge on any atom is 0.331 e. The van der Waals surface area contributed by atoms with E-state index in [1.807, 2.05) is 53.2 Å². The number of carbonyl (C=O) groups is 1. The Labute approximate surface area is 298 Å². The standard InChI is InChI=1S/C36H37Cl2N5O4SSi/c1-49(2,3)18-17-47-24-43-36(44)23-42(48(43,45)46)31-14-12-30(13-15-31)41-22-34(32-16-11-28(37)21-33(32)38)40-35(41)19-25-7-9-26(10-8-25)27-5-4-6-29(39)20-27/h4-16,20-22H,17-19,23-24,39H2,1-3H3. The summed E-state index contributed by atoms with van der Waals surface area (Å²) in [6.07, 6.45) is 2.40. The van der Waals surface area contributed by atoms with Crippen molar-refractivity contribution < 1.29 is 17.9 Å². The van der Waals surface area contributed by atoms with Gasteiger partial charge >= 0.3 is 10.2 Å². The van der Waals surface area contributed by atoms with Crippen molar-refractivity contribution in [2.24, 2.45) is 0 Å². The third-order valence-electron chi connectivity index (χ3n) is 8.26. The number of halogens is 2. The van der Waals surface area contributed by atoms with Gasteiger partial charge in [-0.2, -0.15) is 12.7 Å². The largest absolute Gasteiger partial charge is 0.399 e. The van der Waals surface area contributed by atoms with Crippen LogP contribution < -0.4 is 10.0 Å². The van der Waals surface area contributed by atoms with Crippen LogP contribution in [0.25, 0.3) is 28.1 Å². The van der Waals surface area contributed by atoms with E-state index in [2.05, 4.69) is 43.9 Å². The molecule has 1 aromatic heterocycles. The van der Waals surface area contributed by atoms with Crippen LogP contribution >= 0.6 is 23.2 Å². The lowest BCUT2D eigenvalue weighted by Crippen LogP contribution is -2.36. The number of hydrogen-bond acceptors (Lipinski definition) is 6. The number of rotatable bonds is 11. The van der Waals surface area contributed by atoms with E-state index in [9.17, 15) is 13.2 Å². The molecule has 0 bridgehead atoms. The first-order chi connectivity index (χ1) is 23.3. The smallest absolute Gasteiger partial charge is 0.331 e. The molecule has 1 fully saturated rings. The lowest BCUT2D eigenvalue weighted by atomic mass is 10.0. The Bertz CT molecular complexity index is 2100. The molecule has 2 heterocycles. The van der Waals surface area contributed by atoms with Gasteiger partial charge in [-0.1, -0.05) is 79.2 Å². The predicted molar refractivity (Wildman–Crippen MR) is 200 cm³/mol. The Morgan fingerprint density at radius 2 is 1.61 bits per heavy atom. The molecule has 1 amide bonds. The van der Waals surface area contributed by atoms with E-state index in [0.29, 0.717) is 40.1 Å². The van der Waals surface area contributed by atoms with Crippen LogP contribution in [0.5, 0.6) is 0 Å². The van der Waals surface area contributed by atoms with E-state index in [4.69, 9.17) is 38.7 Å². The molecule has 4 aromatic carbocycles. The Balaban J connectivity index is 1.27. The first-order valence-corrected chi connectivity index (χ1v) is 21.6. The highest BCUT2D eigenvalue weighted by Gasteiger charge is 2.42. The second kappa shape index (κ2) is 14.0. The number of nitrogen functional groups attached to an aromatic ring is 1. The molecule has 0 radical (unpaired) electrons. The zero-order valence-electron chi connectivity index (χ0n) is 27.4. The monoisotopic (exact) mass is 733 g/mol. The molecule has 9 nitrogen and oxygen atoms in total. The Morgan fingerprint density at radius 1 is 0.898 bits per heavy atom. The van der Waals surface area contributed by atoms with Crippen LogP contribution in [0.3, 0.4) is 0 Å². The first-order valence-electron chi connectivity index (χ1n) is 15.8. The maximum absolute atomic E-state index is 13.4. The average molecular weight is 735 g/mol. The zero-order valence-corrected chi connectivity index (χ0v) is 30.8. The van der Waals surface area contributed by atoms with E-state index < -0.39 is 24.2 Å². The topological polar surface area (TPSA) is 111 Å². The number of anilines is 2. The highest BCUT2D eigenvalue weighted by molar-refractivity contribution is 7.91. The Morgan fingerprint density at radius 3 is 2.29 bits per heavy atom. The van der Waals surface area contributed by atoms with Gasteiger partial charge in [-0.3, -0.25) is 4.79 Å². The van der Waals surface area contributed by atoms with Gasteiger partial charge in [-0.05, 0) is 77.3 Å². The number of aromatic nitrogens is 2. The number of nitrogens with zero attached hydrogens (tertiary/aromatic N) is 4. The second-order valence-corrected chi connectivity index (χ2v) is 21.4. The van der Waals surface area contributed by atoms with Crippen molar-refractivity contribution in [3.8, 4) is 28.1 Å². The summed E-state index contributed by atoms with van der Waals surface area (Å²) in [5.41, 5.74) is 12.3. The molecule has 0 unspecified atom stereocenters. The van der Waals surface area contributed by atoms with Gasteiger partial charge in [0.1, 0.15) is 19.1 Å². The molecule has 49 heavy (non-hydrogen) atoms. The molecule has 1 aliphatic heterocycles. The van der Waals surface area contributed by atoms with Crippen molar-refractivity contribution in [2.75, 3.05) is 29.9 Å². The quantitative estimate of drug-likeness (QED) is 0.0840. The number of amides is 1. The van der Waals surface area contributed by atoms with Gasteiger partial charge in [0.2, 0.25) is 0 Å². The lowest BCUT2D eigenvalue weighted by molar-refractivity contribution is -0.127. The van der Waals surface area contributed by atoms with E-state index in [-0.39, 0.29) is 13.3 Å². The molecule has 5 aromatic rings. The summed E-state index contributed by atoms with van der Waals surface area (Å²) in [6.45, 7) is 6.45. The van der Waals surface area contributed by atoms with Crippen LogP contribution in [0.2, 0.25) is 35.7 Å². The summed E-state index contributed by atoms with van der Waals surface area (Å²) in [4.78, 5) is 17.7. The summed E-state index contributed by atoms with van der Waals surface area (Å²) in [5.74, 6) is 0.219. The van der Waals surface area contributed by atoms with Crippen molar-refractivity contribution in [1.29, 1.82) is 0 Å². The van der Waals surface area contributed by atoms with Crippen LogP contribution in [0.4, 0.5) is 11.4 Å². The van der Waals surface area contributed by atoms with Crippen LogP contribution in [-0.2, 0) is 26.2 Å². The van der Waals surface area contributed by atoms with Gasteiger partial charge in [0.05, 0.1) is 16.4 Å². The summed E-state index contributed by atoms with van der Waals surface area (Å²) in [6, 6.07) is 29.1. The van der Waals surface area contributed by atoms with E-state index in [1.165, 1.54) is 0 Å². The third-order valence-corrected chi connectivity index (χ3v) is 12.3. The second-order valence-electron chi connectivity index (χ2n) is 13.2. The molecule has 1 aliphatic rings. The van der Waals surface area contributed by atoms with Crippen molar-refractivity contribution in [3.05, 3.63) is 119 Å². The van der Waals surface area contributed by atoms with Crippen LogP contribution in [0.15, 0.2) is 97.2 Å². The SMILES string of the molecule is C[Si](C)(C)CCOCN1C(=O)CN(c2ccc(-n3cc(-c4ccc(Cl)cc4Cl)nc3Cc3ccc(-c4cccc(N)c4)cc3)cc2)S1(=O)=O. The minimum absolute atomic E-state index is 0.291. The normalized spacial score (nSPS) is 14.5. The molecular formula is C36H37Cl2N5O4SSi. The summed E-state index contributed by atoms with van der Waals surface area (Å²) in [7, 11) is -5.45. The minimum Gasteiger partial charge on any atom is -0.399 e. The molecular weight excluding hydrogens is 697 g/mol. The number of nitrogens with two attached hydrogens (primary N) is 1. The van der Waals surface area contributed by atoms with Crippen molar-refractivity contribution >= 4 is 58.8 Å². The van der Waals surface area contributed by atoms with Gasteiger partial charge in [-0.15, -0.1) is 0 Å². The molecule has 0 spiro atoms. The fourth-order valence-corrected chi connectivity index (χ4v) is 8.19. The highest BCUT2D eigenvalue weighted by Crippen LogP contribution is 2.33. The molecule has 13 heteroatoms. The molecule has 2 N–H and O–H groups in total. The van der Waals surface area contributed by atoms with E-state index in [0.717, 1.165) is 48.4 Å². The number of hydrogen-bond donors (Lipinski definition) is 1. The van der Waals surface area contributed by atoms with Crippen LogP contribution in [0, 0.1) is 0 Å². The van der Waals surface area contributed by atoms with Crippen LogP contribution in [-0.4, -0.2) is 56.1 Å². The van der Waals surface area contributed by atoms with Gasteiger partial charge in [0.15, 0.2) is 0 Å². The number of imidazole rings is 1. The minimum atomic E-state index is -4.09. The molecule has 254 valence electrons. The predicted octanol–water partition coefficient (Wildman–Crippen LogP) is 7.89. The Kier molecular flexibility index (Phi) is 9.92. The van der Waals surface area contributed by atoms with Gasteiger partial charge in [0.25, 0.3) is 5.91 Å². The first kappa shape index (κ1) is 34.7. The van der Waals surface area contributed by atoms with Crippen molar-refractivity contribution in [3.63, 3.8) is 0 Å². The van der Waals surface area contributed by atoms with E-state index in [1.54, 1.807) is 24.3 Å². The number of carbonyl (C=O) groups excluding carboxylic acids is 1. The maximum atomic E-state index is 13.4. The summed E-state index contributed by atoms with van der Waals surface area (Å²) < 4.78 is 36.2. The van der Waals surface area contributed by atoms with Crippen LogP contribution in [0.1, 0.15) is 11.4 Å². The fraction of sp³-hybridized carbons (Fsp3) is 0.222. The molecule has 6 rings (SSSR count). The van der Waals surface area contributed by atoms with Crippen molar-refractivity contribution in [2.45, 2.75) is 32.1 Å². The summed E-state index contributed by atoms with van der Waals surface area (Å²) in [5, 5.41) is 1.000. The lowest BCUT2D eigenvalue weighted by Gasteiger charge is -2.21. The Hall–Kier alpha value is -4.13. The molecule has 0 saturated carbocycles. The average Bonchev–Trinajstić information content (AvgIpc) is 3.56. The molecule has 1 saturated heterocycles. The highest BCUT2D eigenvalue weighted by atomic mass is 35.5. The molecule has 0 atom stereocenters. The molecule has 0 aliphatic carbocycles. The van der Waals surface area contributed by atoms with Gasteiger partial charge in [-0.25, -0.2) is 9.29 Å². The van der Waals surface area contributed by atoms with Gasteiger partial charge < -0.3 is 15.0 Å². The third kappa shape index (κ3) is 7.87. The fourth-order valence-electron chi connectivity index (χ4n) is 5.51. The zero-order chi connectivity index (χ0) is 34.9. The summed E-state index contributed by atoms with van der Waals surface area (Å²) >= 11 is 12.7. The van der Waals surface area contributed by atoms with E-state index >= 15 is 0 Å². The number of benzene rings is 4. The van der Waals surface area contributed by atoms with Gasteiger partial charge in [0, 0.05) is 49.3 Å². The number of ether oxygens (including phenoxy) is 1.